The molecule has 0 saturated heterocycles. The van der Waals surface area contributed by atoms with Crippen LogP contribution in [0, 0.1) is 12.7 Å². The first-order chi connectivity index (χ1) is 11.9. The van der Waals surface area contributed by atoms with E-state index in [4.69, 9.17) is 4.74 Å². The minimum atomic E-state index is -3.66. The van der Waals surface area contributed by atoms with Crippen LogP contribution in [0.3, 0.4) is 0 Å². The molecule has 0 spiro atoms. The van der Waals surface area contributed by atoms with Crippen molar-refractivity contribution in [3.8, 4) is 0 Å². The summed E-state index contributed by atoms with van der Waals surface area (Å²) in [4.78, 5) is 12.3. The molecule has 7 heteroatoms. The van der Waals surface area contributed by atoms with Crippen LogP contribution in [0.2, 0.25) is 0 Å². The van der Waals surface area contributed by atoms with Gasteiger partial charge in [0, 0.05) is 11.6 Å². The van der Waals surface area contributed by atoms with E-state index in [-0.39, 0.29) is 28.7 Å². The molecule has 2 aromatic rings. The largest absolute Gasteiger partial charge is 0.457 e. The van der Waals surface area contributed by atoms with Gasteiger partial charge in [-0.05, 0) is 43.5 Å². The number of halogens is 1. The fraction of sp³-hybridized carbons (Fsp3) is 0.278. The van der Waals surface area contributed by atoms with Gasteiger partial charge in [-0.25, -0.2) is 22.3 Å². The number of esters is 1. The zero-order valence-electron chi connectivity index (χ0n) is 13.7. The van der Waals surface area contributed by atoms with E-state index in [1.165, 1.54) is 24.3 Å². The zero-order chi connectivity index (χ0) is 18.0. The maximum Gasteiger partial charge on any atom is 0.338 e. The highest BCUT2D eigenvalue weighted by atomic mass is 32.2. The van der Waals surface area contributed by atoms with E-state index in [1.807, 2.05) is 0 Å². The van der Waals surface area contributed by atoms with Crippen molar-refractivity contribution in [1.29, 1.82) is 0 Å². The third kappa shape index (κ3) is 4.24. The molecule has 1 fully saturated rings. The fourth-order valence-electron chi connectivity index (χ4n) is 2.31. The van der Waals surface area contributed by atoms with E-state index >= 15 is 0 Å². The summed E-state index contributed by atoms with van der Waals surface area (Å²) < 4.78 is 45.9. The first kappa shape index (κ1) is 17.6. The number of carbonyl (C=O) groups is 1. The van der Waals surface area contributed by atoms with E-state index in [9.17, 15) is 17.6 Å². The normalized spacial score (nSPS) is 14.3. The lowest BCUT2D eigenvalue weighted by molar-refractivity contribution is 0.0468. The third-order valence-corrected chi connectivity index (χ3v) is 5.47. The smallest absolute Gasteiger partial charge is 0.338 e. The molecular formula is C18H18FNO4S. The van der Waals surface area contributed by atoms with E-state index in [0.717, 1.165) is 12.8 Å². The molecule has 25 heavy (non-hydrogen) atoms. The standard InChI is InChI=1S/C18H18FNO4S/c1-12-6-9-15(25(22,23)20-14-7-8-14)10-16(12)18(21)24-11-13-4-2-3-5-17(13)19/h2-6,9-10,14,20H,7-8,11H2,1H3. The molecule has 0 aliphatic heterocycles. The van der Waals surface area contributed by atoms with Crippen LogP contribution in [0.25, 0.3) is 0 Å². The lowest BCUT2D eigenvalue weighted by atomic mass is 10.1. The minimum absolute atomic E-state index is 0.0165. The molecular weight excluding hydrogens is 345 g/mol. The molecule has 0 unspecified atom stereocenters. The molecule has 1 N–H and O–H groups in total. The summed E-state index contributed by atoms with van der Waals surface area (Å²) in [5.74, 6) is -1.15. The summed E-state index contributed by atoms with van der Waals surface area (Å²) in [6.07, 6.45) is 1.64. The third-order valence-electron chi connectivity index (χ3n) is 3.96. The molecule has 0 bridgehead atoms. The van der Waals surface area contributed by atoms with Gasteiger partial charge in [0.15, 0.2) is 0 Å². The molecule has 5 nitrogen and oxygen atoms in total. The maximum absolute atomic E-state index is 13.6. The quantitative estimate of drug-likeness (QED) is 0.801. The van der Waals surface area contributed by atoms with E-state index in [0.29, 0.717) is 5.56 Å². The van der Waals surface area contributed by atoms with Gasteiger partial charge in [0.05, 0.1) is 10.5 Å². The number of ether oxygens (including phenoxy) is 1. The molecule has 0 aromatic heterocycles. The predicted molar refractivity (Wildman–Crippen MR) is 90.0 cm³/mol. The van der Waals surface area contributed by atoms with Crippen LogP contribution in [0.5, 0.6) is 0 Å². The number of carbonyl (C=O) groups excluding carboxylic acids is 1. The van der Waals surface area contributed by atoms with Crippen molar-refractivity contribution in [3.05, 3.63) is 65.0 Å². The van der Waals surface area contributed by atoms with Gasteiger partial charge in [0.25, 0.3) is 0 Å². The Bertz CT molecular complexity index is 907. The van der Waals surface area contributed by atoms with Crippen molar-refractivity contribution >= 4 is 16.0 Å². The van der Waals surface area contributed by atoms with Gasteiger partial charge in [-0.2, -0.15) is 0 Å². The molecule has 0 radical (unpaired) electrons. The zero-order valence-corrected chi connectivity index (χ0v) is 14.5. The van der Waals surface area contributed by atoms with Gasteiger partial charge < -0.3 is 4.74 Å². The van der Waals surface area contributed by atoms with Gasteiger partial charge in [-0.3, -0.25) is 0 Å². The molecule has 1 aliphatic rings. The molecule has 132 valence electrons. The van der Waals surface area contributed by atoms with E-state index < -0.39 is 21.8 Å². The number of aryl methyl sites for hydroxylation is 1. The Morgan fingerprint density at radius 3 is 2.64 bits per heavy atom. The molecule has 3 rings (SSSR count). The van der Waals surface area contributed by atoms with Crippen LogP contribution in [0.1, 0.15) is 34.3 Å². The summed E-state index contributed by atoms with van der Waals surface area (Å²) in [5.41, 5.74) is 0.992. The van der Waals surface area contributed by atoms with Gasteiger partial charge in [0.1, 0.15) is 12.4 Å². The lowest BCUT2D eigenvalue weighted by Gasteiger charge is -2.11. The number of hydrogen-bond acceptors (Lipinski definition) is 4. The molecule has 1 aliphatic carbocycles. The SMILES string of the molecule is Cc1ccc(S(=O)(=O)NC2CC2)cc1C(=O)OCc1ccccc1F. The number of nitrogens with one attached hydrogen (secondary N) is 1. The van der Waals surface area contributed by atoms with Crippen LogP contribution in [0.4, 0.5) is 4.39 Å². The second-order valence-electron chi connectivity index (χ2n) is 6.04. The van der Waals surface area contributed by atoms with Crippen LogP contribution < -0.4 is 4.72 Å². The number of hydrogen-bond donors (Lipinski definition) is 1. The minimum Gasteiger partial charge on any atom is -0.457 e. The Balaban J connectivity index is 1.77. The van der Waals surface area contributed by atoms with Crippen molar-refractivity contribution in [2.24, 2.45) is 0 Å². The highest BCUT2D eigenvalue weighted by molar-refractivity contribution is 7.89. The summed E-state index contributed by atoms with van der Waals surface area (Å²) in [6.45, 7) is 1.46. The Kier molecular flexibility index (Phi) is 4.87. The average molecular weight is 363 g/mol. The number of benzene rings is 2. The number of sulfonamides is 1. The van der Waals surface area contributed by atoms with E-state index in [2.05, 4.69) is 4.72 Å². The first-order valence-corrected chi connectivity index (χ1v) is 9.38. The summed E-state index contributed by atoms with van der Waals surface area (Å²) in [5, 5.41) is 0. The molecule has 0 amide bonds. The van der Waals surface area contributed by atoms with Gasteiger partial charge >= 0.3 is 5.97 Å². The monoisotopic (exact) mass is 363 g/mol. The van der Waals surface area contributed by atoms with Crippen LogP contribution >= 0.6 is 0 Å². The molecule has 0 atom stereocenters. The fourth-order valence-corrected chi connectivity index (χ4v) is 3.64. The molecule has 1 saturated carbocycles. The van der Waals surface area contributed by atoms with Crippen molar-refractivity contribution in [2.75, 3.05) is 0 Å². The van der Waals surface area contributed by atoms with Crippen molar-refractivity contribution in [3.63, 3.8) is 0 Å². The summed E-state index contributed by atoms with van der Waals surface area (Å²) in [7, 11) is -3.66. The Morgan fingerprint density at radius 2 is 1.96 bits per heavy atom. The van der Waals surface area contributed by atoms with Crippen LogP contribution in [-0.2, 0) is 21.4 Å². The van der Waals surface area contributed by atoms with Crippen LogP contribution in [-0.4, -0.2) is 20.4 Å². The van der Waals surface area contributed by atoms with Gasteiger partial charge in [0.2, 0.25) is 10.0 Å². The first-order valence-electron chi connectivity index (χ1n) is 7.90. The number of rotatable bonds is 6. The Morgan fingerprint density at radius 1 is 1.24 bits per heavy atom. The van der Waals surface area contributed by atoms with Crippen molar-refractivity contribution in [1.82, 2.24) is 4.72 Å². The van der Waals surface area contributed by atoms with Gasteiger partial charge in [-0.15, -0.1) is 0 Å². The highest BCUT2D eigenvalue weighted by Crippen LogP contribution is 2.23. The second kappa shape index (κ2) is 6.93. The Hall–Kier alpha value is -2.25. The molecule has 0 heterocycles. The summed E-state index contributed by atoms with van der Waals surface area (Å²) >= 11 is 0. The van der Waals surface area contributed by atoms with E-state index in [1.54, 1.807) is 25.1 Å². The van der Waals surface area contributed by atoms with Crippen molar-refractivity contribution in [2.45, 2.75) is 37.3 Å². The second-order valence-corrected chi connectivity index (χ2v) is 7.75. The lowest BCUT2D eigenvalue weighted by Crippen LogP contribution is -2.26. The Labute approximate surface area is 145 Å². The molecule has 2 aromatic carbocycles. The van der Waals surface area contributed by atoms with Crippen molar-refractivity contribution < 1.29 is 22.3 Å². The van der Waals surface area contributed by atoms with Crippen LogP contribution in [0.15, 0.2) is 47.4 Å². The topological polar surface area (TPSA) is 72.5 Å². The highest BCUT2D eigenvalue weighted by Gasteiger charge is 2.28. The van der Waals surface area contributed by atoms with Gasteiger partial charge in [-0.1, -0.05) is 24.3 Å². The summed E-state index contributed by atoms with van der Waals surface area (Å²) in [6, 6.07) is 10.3. The average Bonchev–Trinajstić information content (AvgIpc) is 3.37. The maximum atomic E-state index is 13.6. The predicted octanol–water partition coefficient (Wildman–Crippen LogP) is 2.93.